The number of anilines is 1. The molecular weight excluding hydrogens is 286 g/mol. The van der Waals surface area contributed by atoms with Gasteiger partial charge in [0.1, 0.15) is 0 Å². The van der Waals surface area contributed by atoms with Crippen LogP contribution in [-0.4, -0.2) is 27.1 Å². The number of nitrogens with one attached hydrogen (secondary N) is 1. The van der Waals surface area contributed by atoms with Gasteiger partial charge < -0.3 is 10.4 Å². The molecule has 1 amide bonds. The van der Waals surface area contributed by atoms with Crippen LogP contribution in [0.15, 0.2) is 23.6 Å². The monoisotopic (exact) mass is 303 g/mol. The number of carboxylic acid groups (broad SMARTS) is 1. The summed E-state index contributed by atoms with van der Waals surface area (Å²) in [7, 11) is 0. The second-order valence-electron chi connectivity index (χ2n) is 5.46. The highest BCUT2D eigenvalue weighted by Gasteiger charge is 2.23. The fourth-order valence-electron chi connectivity index (χ4n) is 2.41. The van der Waals surface area contributed by atoms with Gasteiger partial charge in [0.15, 0.2) is 5.13 Å². The first-order valence-electron chi connectivity index (χ1n) is 6.85. The smallest absolute Gasteiger partial charge is 0.407 e. The van der Waals surface area contributed by atoms with E-state index >= 15 is 0 Å². The largest absolute Gasteiger partial charge is 0.465 e. The summed E-state index contributed by atoms with van der Waals surface area (Å²) in [5.74, 6) is 0. The third-order valence-corrected chi connectivity index (χ3v) is 4.18. The maximum atomic E-state index is 11.0. The summed E-state index contributed by atoms with van der Waals surface area (Å²) in [6.45, 7) is 5.09. The molecule has 6 heteroatoms. The van der Waals surface area contributed by atoms with Crippen molar-refractivity contribution in [1.29, 1.82) is 0 Å². The molecule has 0 radical (unpaired) electrons. The van der Waals surface area contributed by atoms with E-state index in [0.717, 1.165) is 27.5 Å². The Bertz CT molecular complexity index is 681. The van der Waals surface area contributed by atoms with E-state index in [1.54, 1.807) is 11.3 Å². The van der Waals surface area contributed by atoms with Gasteiger partial charge in [0.05, 0.1) is 5.69 Å². The first-order valence-corrected chi connectivity index (χ1v) is 7.73. The van der Waals surface area contributed by atoms with Crippen molar-refractivity contribution in [3.63, 3.8) is 0 Å². The van der Waals surface area contributed by atoms with Crippen LogP contribution in [0.3, 0.4) is 0 Å². The number of thiazole rings is 1. The van der Waals surface area contributed by atoms with Crippen molar-refractivity contribution in [2.45, 2.75) is 33.0 Å². The van der Waals surface area contributed by atoms with Gasteiger partial charge in [-0.2, -0.15) is 0 Å². The van der Waals surface area contributed by atoms with E-state index in [1.165, 1.54) is 4.90 Å². The number of amides is 1. The quantitative estimate of drug-likeness (QED) is 0.909. The Morgan fingerprint density at radius 3 is 2.86 bits per heavy atom. The van der Waals surface area contributed by atoms with E-state index in [-0.39, 0.29) is 0 Å². The molecule has 3 rings (SSSR count). The number of rotatable bonds is 3. The number of aromatic nitrogens is 1. The molecule has 0 spiro atoms. The molecule has 2 heterocycles. The maximum Gasteiger partial charge on any atom is 0.407 e. The molecule has 2 aromatic rings. The second-order valence-corrected chi connectivity index (χ2v) is 6.32. The minimum Gasteiger partial charge on any atom is -0.465 e. The first kappa shape index (κ1) is 13.9. The van der Waals surface area contributed by atoms with E-state index < -0.39 is 6.09 Å². The molecule has 0 saturated heterocycles. The Hall–Kier alpha value is -2.08. The van der Waals surface area contributed by atoms with Gasteiger partial charge >= 0.3 is 6.09 Å². The lowest BCUT2D eigenvalue weighted by Crippen LogP contribution is -2.22. The van der Waals surface area contributed by atoms with Crippen LogP contribution < -0.4 is 5.32 Å². The molecule has 0 aliphatic carbocycles. The molecule has 1 aromatic carbocycles. The number of hydrogen-bond donors (Lipinski definition) is 2. The molecule has 0 atom stereocenters. The van der Waals surface area contributed by atoms with E-state index in [1.807, 2.05) is 23.6 Å². The van der Waals surface area contributed by atoms with Crippen LogP contribution in [0.5, 0.6) is 0 Å². The summed E-state index contributed by atoms with van der Waals surface area (Å²) >= 11 is 1.58. The molecule has 5 nitrogen and oxygen atoms in total. The SMILES string of the molecule is CC(C)Nc1nc(-c2ccc3c(c2)CN(C(=O)O)C3)cs1. The lowest BCUT2D eigenvalue weighted by Gasteiger charge is -2.08. The van der Waals surface area contributed by atoms with Crippen molar-refractivity contribution in [2.24, 2.45) is 0 Å². The summed E-state index contributed by atoms with van der Waals surface area (Å²) in [6, 6.07) is 6.42. The van der Waals surface area contributed by atoms with Crippen molar-refractivity contribution >= 4 is 22.6 Å². The van der Waals surface area contributed by atoms with Crippen molar-refractivity contribution < 1.29 is 9.90 Å². The normalized spacial score (nSPS) is 13.6. The Kier molecular flexibility index (Phi) is 3.55. The molecule has 1 aliphatic heterocycles. The molecular formula is C15H17N3O2S. The number of hydrogen-bond acceptors (Lipinski definition) is 4. The molecule has 0 saturated carbocycles. The lowest BCUT2D eigenvalue weighted by molar-refractivity contribution is 0.145. The summed E-state index contributed by atoms with van der Waals surface area (Å²) in [5.41, 5.74) is 4.12. The highest BCUT2D eigenvalue weighted by molar-refractivity contribution is 7.14. The Balaban J connectivity index is 1.84. The van der Waals surface area contributed by atoms with Gasteiger partial charge in [-0.05, 0) is 31.0 Å². The molecule has 1 aromatic heterocycles. The van der Waals surface area contributed by atoms with Crippen LogP contribution >= 0.6 is 11.3 Å². The van der Waals surface area contributed by atoms with Crippen LogP contribution in [-0.2, 0) is 13.1 Å². The molecule has 2 N–H and O–H groups in total. The number of nitrogens with zero attached hydrogens (tertiary/aromatic N) is 2. The summed E-state index contributed by atoms with van der Waals surface area (Å²) in [4.78, 5) is 17.0. The Morgan fingerprint density at radius 2 is 2.14 bits per heavy atom. The van der Waals surface area contributed by atoms with Gasteiger partial charge in [0.2, 0.25) is 0 Å². The van der Waals surface area contributed by atoms with Gasteiger partial charge in [-0.3, -0.25) is 4.90 Å². The van der Waals surface area contributed by atoms with E-state index in [0.29, 0.717) is 19.1 Å². The zero-order valence-electron chi connectivity index (χ0n) is 12.0. The van der Waals surface area contributed by atoms with Crippen LogP contribution in [0.1, 0.15) is 25.0 Å². The summed E-state index contributed by atoms with van der Waals surface area (Å²) < 4.78 is 0. The van der Waals surface area contributed by atoms with Crippen LogP contribution in [0, 0.1) is 0 Å². The third-order valence-electron chi connectivity index (χ3n) is 3.41. The topological polar surface area (TPSA) is 65.5 Å². The minimum absolute atomic E-state index is 0.355. The maximum absolute atomic E-state index is 11.0. The van der Waals surface area contributed by atoms with Gasteiger partial charge in [0.25, 0.3) is 0 Å². The van der Waals surface area contributed by atoms with E-state index in [2.05, 4.69) is 24.1 Å². The van der Waals surface area contributed by atoms with Crippen LogP contribution in [0.2, 0.25) is 0 Å². The number of benzene rings is 1. The van der Waals surface area contributed by atoms with Crippen molar-refractivity contribution in [2.75, 3.05) is 5.32 Å². The Morgan fingerprint density at radius 1 is 1.38 bits per heavy atom. The van der Waals surface area contributed by atoms with Crippen LogP contribution in [0.4, 0.5) is 9.93 Å². The lowest BCUT2D eigenvalue weighted by atomic mass is 10.1. The predicted octanol–water partition coefficient (Wildman–Crippen LogP) is 3.62. The molecule has 21 heavy (non-hydrogen) atoms. The average Bonchev–Trinajstić information content (AvgIpc) is 3.03. The van der Waals surface area contributed by atoms with Gasteiger partial charge in [-0.25, -0.2) is 9.78 Å². The summed E-state index contributed by atoms with van der Waals surface area (Å²) in [6.07, 6.45) is -0.871. The molecule has 0 bridgehead atoms. The average molecular weight is 303 g/mol. The van der Waals surface area contributed by atoms with Gasteiger partial charge in [0, 0.05) is 30.1 Å². The highest BCUT2D eigenvalue weighted by Crippen LogP contribution is 2.30. The van der Waals surface area contributed by atoms with E-state index in [9.17, 15) is 4.79 Å². The van der Waals surface area contributed by atoms with Crippen molar-refractivity contribution in [3.8, 4) is 11.3 Å². The first-order chi connectivity index (χ1) is 10.0. The van der Waals surface area contributed by atoms with Crippen LogP contribution in [0.25, 0.3) is 11.3 Å². The van der Waals surface area contributed by atoms with Gasteiger partial charge in [-0.1, -0.05) is 12.1 Å². The van der Waals surface area contributed by atoms with Crippen molar-refractivity contribution in [3.05, 3.63) is 34.7 Å². The predicted molar refractivity (Wildman–Crippen MR) is 83.6 cm³/mol. The number of carbonyl (C=O) groups is 1. The highest BCUT2D eigenvalue weighted by atomic mass is 32.1. The Labute approximate surface area is 127 Å². The molecule has 110 valence electrons. The molecule has 0 unspecified atom stereocenters. The number of fused-ring (bicyclic) bond motifs is 1. The van der Waals surface area contributed by atoms with Gasteiger partial charge in [-0.15, -0.1) is 11.3 Å². The zero-order chi connectivity index (χ0) is 15.0. The standard InChI is InChI=1S/C15H17N3O2S/c1-9(2)16-14-17-13(8-21-14)10-3-4-11-6-18(15(19)20)7-12(11)5-10/h3-5,8-9H,6-7H2,1-2H3,(H,16,17)(H,19,20). The van der Waals surface area contributed by atoms with E-state index in [4.69, 9.17) is 5.11 Å². The zero-order valence-corrected chi connectivity index (χ0v) is 12.8. The molecule has 0 fully saturated rings. The third kappa shape index (κ3) is 2.85. The molecule has 1 aliphatic rings. The fourth-order valence-corrected chi connectivity index (χ4v) is 3.28. The summed E-state index contributed by atoms with van der Waals surface area (Å²) in [5, 5.41) is 15.3. The minimum atomic E-state index is -0.871. The van der Waals surface area contributed by atoms with Crippen molar-refractivity contribution in [1.82, 2.24) is 9.88 Å². The second kappa shape index (κ2) is 5.37. The fraction of sp³-hybridized carbons (Fsp3) is 0.333.